The number of para-hydroxylation sites is 2. The van der Waals surface area contributed by atoms with E-state index in [1.54, 1.807) is 30.0 Å². The van der Waals surface area contributed by atoms with Gasteiger partial charge in [0.25, 0.3) is 0 Å². The summed E-state index contributed by atoms with van der Waals surface area (Å²) in [4.78, 5) is 28.6. The van der Waals surface area contributed by atoms with Crippen LogP contribution in [0.4, 0.5) is 17.2 Å². The molecule has 4 heterocycles. The average molecular weight is 539 g/mol. The number of carbonyl (C=O) groups excluding carboxylic acids is 1. The first kappa shape index (κ1) is 23.3. The van der Waals surface area contributed by atoms with Crippen LogP contribution in [0.3, 0.4) is 0 Å². The van der Waals surface area contributed by atoms with Gasteiger partial charge in [-0.2, -0.15) is 5.10 Å². The first-order chi connectivity index (χ1) is 20.1. The van der Waals surface area contributed by atoms with Crippen LogP contribution in [-0.2, 0) is 10.2 Å². The lowest BCUT2D eigenvalue weighted by Gasteiger charge is -2.35. The summed E-state index contributed by atoms with van der Waals surface area (Å²) in [6, 6.07) is 32.1. The summed E-state index contributed by atoms with van der Waals surface area (Å²) >= 11 is 0. The quantitative estimate of drug-likeness (QED) is 0.268. The molecule has 6 aromatic rings. The number of nitrogens with zero attached hydrogens (tertiary/aromatic N) is 2. The van der Waals surface area contributed by atoms with E-state index in [1.807, 2.05) is 84.9 Å². The zero-order valence-corrected chi connectivity index (χ0v) is 21.8. The Hall–Kier alpha value is -5.63. The lowest BCUT2D eigenvalue weighted by Crippen LogP contribution is -2.44. The highest BCUT2D eigenvalue weighted by atomic mass is 16.5. The lowest BCUT2D eigenvalue weighted by molar-refractivity contribution is -0.118. The van der Waals surface area contributed by atoms with Crippen molar-refractivity contribution in [3.63, 3.8) is 0 Å². The Morgan fingerprint density at radius 3 is 2.34 bits per heavy atom. The molecule has 2 aromatic heterocycles. The highest BCUT2D eigenvalue weighted by Gasteiger charge is 2.59. The van der Waals surface area contributed by atoms with Gasteiger partial charge in [-0.25, -0.2) is 9.48 Å². The Kier molecular flexibility index (Phi) is 4.79. The lowest BCUT2D eigenvalue weighted by atomic mass is 9.67. The van der Waals surface area contributed by atoms with Crippen molar-refractivity contribution in [2.45, 2.75) is 5.41 Å². The van der Waals surface area contributed by atoms with Crippen molar-refractivity contribution in [1.82, 2.24) is 9.78 Å². The van der Waals surface area contributed by atoms with E-state index in [-0.39, 0.29) is 11.5 Å². The van der Waals surface area contributed by atoms with Crippen LogP contribution >= 0.6 is 0 Å². The molecule has 1 amide bonds. The Bertz CT molecular complexity index is 2080. The van der Waals surface area contributed by atoms with Crippen LogP contribution in [-0.4, -0.2) is 22.8 Å². The maximum atomic E-state index is 14.6. The zero-order valence-electron chi connectivity index (χ0n) is 21.8. The minimum atomic E-state index is -1.58. The second-order valence-corrected chi connectivity index (χ2v) is 10.1. The molecular formula is C33H22N4O4. The number of benzene rings is 4. The van der Waals surface area contributed by atoms with Gasteiger partial charge >= 0.3 is 5.63 Å². The molecule has 198 valence electrons. The third kappa shape index (κ3) is 3.07. The van der Waals surface area contributed by atoms with Crippen LogP contribution in [0.2, 0.25) is 0 Å². The summed E-state index contributed by atoms with van der Waals surface area (Å²) in [6.07, 6.45) is 0. The number of anilines is 3. The molecule has 8 nitrogen and oxygen atoms in total. The topological polar surface area (TPSA) is 98.4 Å². The smallest absolute Gasteiger partial charge is 0.343 e. The Labute approximate surface area is 233 Å². The van der Waals surface area contributed by atoms with Crippen LogP contribution in [0.5, 0.6) is 5.75 Å². The number of ether oxygens (including phenoxy) is 1. The Morgan fingerprint density at radius 1 is 0.829 bits per heavy atom. The van der Waals surface area contributed by atoms with Gasteiger partial charge in [-0.15, -0.1) is 0 Å². The van der Waals surface area contributed by atoms with Crippen LogP contribution < -0.4 is 21.0 Å². The molecule has 0 aliphatic carbocycles. The van der Waals surface area contributed by atoms with E-state index in [9.17, 15) is 9.59 Å². The van der Waals surface area contributed by atoms with Gasteiger partial charge < -0.3 is 19.8 Å². The van der Waals surface area contributed by atoms with Gasteiger partial charge in [0.15, 0.2) is 0 Å². The third-order valence-corrected chi connectivity index (χ3v) is 7.96. The van der Waals surface area contributed by atoms with Gasteiger partial charge in [0.2, 0.25) is 5.91 Å². The number of carbonyl (C=O) groups is 1. The van der Waals surface area contributed by atoms with Crippen LogP contribution in [0.1, 0.15) is 16.7 Å². The van der Waals surface area contributed by atoms with E-state index in [0.717, 1.165) is 11.3 Å². The van der Waals surface area contributed by atoms with Crippen molar-refractivity contribution in [2.24, 2.45) is 0 Å². The number of methoxy groups -OCH3 is 1. The van der Waals surface area contributed by atoms with Gasteiger partial charge in [-0.05, 0) is 42.5 Å². The third-order valence-electron chi connectivity index (χ3n) is 7.96. The molecule has 0 unspecified atom stereocenters. The monoisotopic (exact) mass is 538 g/mol. The summed E-state index contributed by atoms with van der Waals surface area (Å²) < 4.78 is 13.3. The number of amides is 1. The summed E-state index contributed by atoms with van der Waals surface area (Å²) in [5.41, 5.74) is 2.87. The van der Waals surface area contributed by atoms with Crippen LogP contribution in [0, 0.1) is 0 Å². The summed E-state index contributed by atoms with van der Waals surface area (Å²) in [5.74, 6) is 0.782. The van der Waals surface area contributed by atoms with Gasteiger partial charge in [0, 0.05) is 27.8 Å². The molecule has 1 atom stereocenters. The number of nitrogens with one attached hydrogen (secondary N) is 2. The number of rotatable bonds is 3. The van der Waals surface area contributed by atoms with E-state index in [4.69, 9.17) is 14.3 Å². The molecule has 1 spiro atoms. The number of hydrogen-bond acceptors (Lipinski definition) is 6. The Morgan fingerprint density at radius 2 is 1.56 bits per heavy atom. The maximum absolute atomic E-state index is 14.6. The van der Waals surface area contributed by atoms with Gasteiger partial charge in [-0.1, -0.05) is 60.7 Å². The zero-order chi connectivity index (χ0) is 27.7. The largest absolute Gasteiger partial charge is 0.497 e. The first-order valence-corrected chi connectivity index (χ1v) is 13.2. The molecule has 0 bridgehead atoms. The molecule has 4 aromatic carbocycles. The number of hydrogen-bond donors (Lipinski definition) is 2. The molecule has 2 N–H and O–H groups in total. The fraction of sp³-hybridized carbons (Fsp3) is 0.0606. The van der Waals surface area contributed by atoms with Gasteiger partial charge in [0.05, 0.1) is 29.7 Å². The van der Waals surface area contributed by atoms with E-state index in [2.05, 4.69) is 10.6 Å². The molecular weight excluding hydrogens is 516 g/mol. The normalized spacial score (nSPS) is 16.6. The van der Waals surface area contributed by atoms with E-state index in [0.29, 0.717) is 50.7 Å². The van der Waals surface area contributed by atoms with Crippen molar-refractivity contribution < 1.29 is 13.9 Å². The minimum Gasteiger partial charge on any atom is -0.497 e. The van der Waals surface area contributed by atoms with Crippen LogP contribution in [0.25, 0.3) is 27.9 Å². The van der Waals surface area contributed by atoms with E-state index in [1.165, 1.54) is 0 Å². The molecule has 2 aliphatic heterocycles. The highest BCUT2D eigenvalue weighted by Crippen LogP contribution is 2.58. The van der Waals surface area contributed by atoms with Crippen molar-refractivity contribution in [3.8, 4) is 22.7 Å². The summed E-state index contributed by atoms with van der Waals surface area (Å²) in [5, 5.41) is 12.4. The fourth-order valence-corrected chi connectivity index (χ4v) is 6.21. The van der Waals surface area contributed by atoms with Crippen molar-refractivity contribution in [2.75, 3.05) is 17.7 Å². The van der Waals surface area contributed by atoms with E-state index >= 15 is 0 Å². The first-order valence-electron chi connectivity index (χ1n) is 13.2. The second-order valence-electron chi connectivity index (χ2n) is 10.1. The SMILES string of the molecule is COc1ccc2c(c1)[C@]1(C(=O)N2)c2c(-c3ccccc3)nn(-c3ccccc3)c2Nc2c1c(=O)oc1ccccc21. The standard InChI is InChI=1S/C33H22N4O4/c1-40-21-16-17-24-23(18-21)33(32(39)34-24)26-28(19-10-4-2-5-11-19)36-37(20-12-6-3-7-13-20)30(26)35-29-22-14-8-9-15-25(22)41-31(38)27(29)33/h2-18,35H,1H3,(H,34,39)/t33-/m0/s1. The molecule has 2 aliphatic rings. The molecule has 0 radical (unpaired) electrons. The molecule has 0 saturated heterocycles. The van der Waals surface area contributed by atoms with Crippen LogP contribution in [0.15, 0.2) is 112 Å². The minimum absolute atomic E-state index is 0.206. The fourth-order valence-electron chi connectivity index (χ4n) is 6.21. The Balaban J connectivity index is 1.60. The van der Waals surface area contributed by atoms with Gasteiger partial charge in [0.1, 0.15) is 22.6 Å². The maximum Gasteiger partial charge on any atom is 0.343 e. The van der Waals surface area contributed by atoms with Crippen molar-refractivity contribution >= 4 is 34.1 Å². The predicted molar refractivity (Wildman–Crippen MR) is 156 cm³/mol. The number of aromatic nitrogens is 2. The van der Waals surface area contributed by atoms with Crippen molar-refractivity contribution in [1.29, 1.82) is 0 Å². The summed E-state index contributed by atoms with van der Waals surface area (Å²) in [6.45, 7) is 0. The molecule has 8 rings (SSSR count). The predicted octanol–water partition coefficient (Wildman–Crippen LogP) is 6.00. The molecule has 0 fully saturated rings. The number of fused-ring (bicyclic) bond motifs is 8. The van der Waals surface area contributed by atoms with Gasteiger partial charge in [-0.3, -0.25) is 4.79 Å². The van der Waals surface area contributed by atoms with Crippen molar-refractivity contribution in [3.05, 3.63) is 130 Å². The molecule has 41 heavy (non-hydrogen) atoms. The second kappa shape index (κ2) is 8.43. The summed E-state index contributed by atoms with van der Waals surface area (Å²) in [7, 11) is 1.57. The molecule has 0 saturated carbocycles. The average Bonchev–Trinajstić information content (AvgIpc) is 3.53. The highest BCUT2D eigenvalue weighted by molar-refractivity contribution is 6.16. The molecule has 8 heteroatoms. The van der Waals surface area contributed by atoms with E-state index < -0.39 is 11.0 Å².